The Bertz CT molecular complexity index is 677. The Morgan fingerprint density at radius 2 is 2.00 bits per heavy atom. The number of anilines is 1. The van der Waals surface area contributed by atoms with Crippen LogP contribution in [0.3, 0.4) is 0 Å². The van der Waals surface area contributed by atoms with Gasteiger partial charge in [-0.1, -0.05) is 29.8 Å². The van der Waals surface area contributed by atoms with Crippen molar-refractivity contribution in [3.63, 3.8) is 0 Å². The summed E-state index contributed by atoms with van der Waals surface area (Å²) in [7, 11) is 1.33. The van der Waals surface area contributed by atoms with Crippen LogP contribution in [-0.4, -0.2) is 13.1 Å². The van der Waals surface area contributed by atoms with E-state index >= 15 is 0 Å². The third kappa shape index (κ3) is 3.74. The van der Waals surface area contributed by atoms with Crippen LogP contribution in [0.4, 0.5) is 5.69 Å². The summed E-state index contributed by atoms with van der Waals surface area (Å²) in [4.78, 5) is 11.4. The SMILES string of the molecule is COC(=O)c1ccc(C(C#N)Nc2cccc(Cl)c2)cc1. The molecule has 0 aliphatic heterocycles. The van der Waals surface area contributed by atoms with Crippen LogP contribution in [0.15, 0.2) is 48.5 Å². The van der Waals surface area contributed by atoms with Crippen LogP contribution in [-0.2, 0) is 4.74 Å². The number of halogens is 1. The molecular weight excluding hydrogens is 288 g/mol. The standard InChI is InChI=1S/C16H13ClN2O2/c1-21-16(20)12-7-5-11(6-8-12)15(10-18)19-14-4-2-3-13(17)9-14/h2-9,15,19H,1H3. The summed E-state index contributed by atoms with van der Waals surface area (Å²) in [5.74, 6) is -0.405. The monoisotopic (exact) mass is 300 g/mol. The highest BCUT2D eigenvalue weighted by Crippen LogP contribution is 2.22. The van der Waals surface area contributed by atoms with Gasteiger partial charge in [-0.3, -0.25) is 0 Å². The number of nitriles is 1. The number of hydrogen-bond acceptors (Lipinski definition) is 4. The fourth-order valence-corrected chi connectivity index (χ4v) is 2.05. The second-order valence-corrected chi connectivity index (χ2v) is 4.77. The Kier molecular flexibility index (Phi) is 4.81. The molecule has 21 heavy (non-hydrogen) atoms. The van der Waals surface area contributed by atoms with Gasteiger partial charge in [0, 0.05) is 10.7 Å². The summed E-state index contributed by atoms with van der Waals surface area (Å²) in [6.45, 7) is 0. The largest absolute Gasteiger partial charge is 0.465 e. The zero-order valence-electron chi connectivity index (χ0n) is 11.3. The van der Waals surface area contributed by atoms with E-state index in [9.17, 15) is 10.1 Å². The molecule has 0 radical (unpaired) electrons. The number of carbonyl (C=O) groups is 1. The molecule has 106 valence electrons. The summed E-state index contributed by atoms with van der Waals surface area (Å²) >= 11 is 5.91. The third-order valence-electron chi connectivity index (χ3n) is 2.93. The van der Waals surface area contributed by atoms with Gasteiger partial charge in [-0.25, -0.2) is 4.79 Å². The molecule has 0 fully saturated rings. The lowest BCUT2D eigenvalue weighted by Gasteiger charge is -2.13. The van der Waals surface area contributed by atoms with Crippen molar-refractivity contribution in [3.05, 3.63) is 64.7 Å². The molecule has 1 unspecified atom stereocenters. The average Bonchev–Trinajstić information content (AvgIpc) is 2.52. The number of carbonyl (C=O) groups excluding carboxylic acids is 1. The first-order valence-electron chi connectivity index (χ1n) is 6.24. The Morgan fingerprint density at radius 3 is 2.57 bits per heavy atom. The molecule has 0 saturated heterocycles. The van der Waals surface area contributed by atoms with Gasteiger partial charge in [-0.05, 0) is 35.9 Å². The Labute approximate surface area is 127 Å². The van der Waals surface area contributed by atoms with Crippen LogP contribution in [0.5, 0.6) is 0 Å². The van der Waals surface area contributed by atoms with Crippen molar-refractivity contribution < 1.29 is 9.53 Å². The average molecular weight is 301 g/mol. The zero-order chi connectivity index (χ0) is 15.2. The number of hydrogen-bond donors (Lipinski definition) is 1. The molecule has 2 aromatic carbocycles. The molecule has 4 nitrogen and oxygen atoms in total. The molecule has 2 aromatic rings. The van der Waals surface area contributed by atoms with E-state index in [1.54, 1.807) is 42.5 Å². The number of benzene rings is 2. The quantitative estimate of drug-likeness (QED) is 0.872. The third-order valence-corrected chi connectivity index (χ3v) is 3.16. The van der Waals surface area contributed by atoms with Gasteiger partial charge in [-0.2, -0.15) is 5.26 Å². The minimum atomic E-state index is -0.532. The second kappa shape index (κ2) is 6.78. The second-order valence-electron chi connectivity index (χ2n) is 4.33. The van der Waals surface area contributed by atoms with Gasteiger partial charge in [-0.15, -0.1) is 0 Å². The van der Waals surface area contributed by atoms with Crippen LogP contribution in [0.1, 0.15) is 22.0 Å². The van der Waals surface area contributed by atoms with Crippen molar-refractivity contribution in [1.29, 1.82) is 5.26 Å². The van der Waals surface area contributed by atoms with Crippen molar-refractivity contribution in [3.8, 4) is 6.07 Å². The van der Waals surface area contributed by atoms with Crippen molar-refractivity contribution in [2.45, 2.75) is 6.04 Å². The zero-order valence-corrected chi connectivity index (χ0v) is 12.1. The summed E-state index contributed by atoms with van der Waals surface area (Å²) in [5, 5.41) is 13.0. The lowest BCUT2D eigenvalue weighted by Crippen LogP contribution is -2.09. The fraction of sp³-hybridized carbons (Fsp3) is 0.125. The molecule has 0 saturated carbocycles. The molecule has 0 bridgehead atoms. The van der Waals surface area contributed by atoms with Crippen LogP contribution >= 0.6 is 11.6 Å². The fourth-order valence-electron chi connectivity index (χ4n) is 1.86. The maximum absolute atomic E-state index is 11.4. The molecule has 5 heteroatoms. The lowest BCUT2D eigenvalue weighted by molar-refractivity contribution is 0.0600. The predicted molar refractivity (Wildman–Crippen MR) is 81.2 cm³/mol. The van der Waals surface area contributed by atoms with Gasteiger partial charge in [0.25, 0.3) is 0 Å². The van der Waals surface area contributed by atoms with Gasteiger partial charge < -0.3 is 10.1 Å². The number of rotatable bonds is 4. The van der Waals surface area contributed by atoms with E-state index in [-0.39, 0.29) is 0 Å². The summed E-state index contributed by atoms with van der Waals surface area (Å²) < 4.78 is 4.64. The van der Waals surface area contributed by atoms with Crippen LogP contribution in [0, 0.1) is 11.3 Å². The minimum Gasteiger partial charge on any atom is -0.465 e. The Morgan fingerprint density at radius 1 is 1.29 bits per heavy atom. The number of ether oxygens (including phenoxy) is 1. The van der Waals surface area contributed by atoms with Crippen LogP contribution < -0.4 is 5.32 Å². The maximum Gasteiger partial charge on any atom is 0.337 e. The minimum absolute atomic E-state index is 0.405. The molecule has 0 spiro atoms. The van der Waals surface area contributed by atoms with E-state index < -0.39 is 12.0 Å². The molecule has 0 aliphatic carbocycles. The van der Waals surface area contributed by atoms with Crippen molar-refractivity contribution >= 4 is 23.3 Å². The first-order valence-corrected chi connectivity index (χ1v) is 6.62. The van der Waals surface area contributed by atoms with E-state index in [2.05, 4.69) is 16.1 Å². The molecule has 0 aliphatic rings. The molecule has 2 rings (SSSR count). The molecule has 0 amide bonds. The van der Waals surface area contributed by atoms with Gasteiger partial charge in [0.05, 0.1) is 18.7 Å². The number of methoxy groups -OCH3 is 1. The predicted octanol–water partition coefficient (Wildman–Crippen LogP) is 3.80. The van der Waals surface area contributed by atoms with Crippen molar-refractivity contribution in [1.82, 2.24) is 0 Å². The van der Waals surface area contributed by atoms with Gasteiger partial charge in [0.1, 0.15) is 6.04 Å². The number of nitrogens with zero attached hydrogens (tertiary/aromatic N) is 1. The van der Waals surface area contributed by atoms with E-state index in [0.29, 0.717) is 10.6 Å². The topological polar surface area (TPSA) is 62.1 Å². The van der Waals surface area contributed by atoms with E-state index in [4.69, 9.17) is 11.6 Å². The smallest absolute Gasteiger partial charge is 0.337 e. The van der Waals surface area contributed by atoms with Gasteiger partial charge in [0.2, 0.25) is 0 Å². The summed E-state index contributed by atoms with van der Waals surface area (Å²) in [6, 6.07) is 15.5. The maximum atomic E-state index is 11.4. The van der Waals surface area contributed by atoms with E-state index in [1.807, 2.05) is 6.07 Å². The van der Waals surface area contributed by atoms with E-state index in [1.165, 1.54) is 7.11 Å². The van der Waals surface area contributed by atoms with Crippen molar-refractivity contribution in [2.75, 3.05) is 12.4 Å². The first-order chi connectivity index (χ1) is 10.1. The summed E-state index contributed by atoms with van der Waals surface area (Å²) in [5.41, 5.74) is 1.96. The van der Waals surface area contributed by atoms with Crippen LogP contribution in [0.2, 0.25) is 5.02 Å². The normalized spacial score (nSPS) is 11.3. The highest BCUT2D eigenvalue weighted by molar-refractivity contribution is 6.30. The molecule has 1 atom stereocenters. The molecule has 0 aromatic heterocycles. The van der Waals surface area contributed by atoms with E-state index in [0.717, 1.165) is 11.3 Å². The van der Waals surface area contributed by atoms with Crippen LogP contribution in [0.25, 0.3) is 0 Å². The molecule has 1 N–H and O–H groups in total. The highest BCUT2D eigenvalue weighted by Gasteiger charge is 2.12. The first kappa shape index (κ1) is 14.9. The number of esters is 1. The number of nitrogens with one attached hydrogen (secondary N) is 1. The molecular formula is C16H13ClN2O2. The lowest BCUT2D eigenvalue weighted by atomic mass is 10.1. The Balaban J connectivity index is 2.18. The van der Waals surface area contributed by atoms with Crippen molar-refractivity contribution in [2.24, 2.45) is 0 Å². The summed E-state index contributed by atoms with van der Waals surface area (Å²) in [6.07, 6.45) is 0. The Hall–Kier alpha value is -2.51. The highest BCUT2D eigenvalue weighted by atomic mass is 35.5. The van der Waals surface area contributed by atoms with Gasteiger partial charge >= 0.3 is 5.97 Å². The molecule has 0 heterocycles. The van der Waals surface area contributed by atoms with Gasteiger partial charge in [0.15, 0.2) is 0 Å².